The van der Waals surface area contributed by atoms with Crippen LogP contribution in [-0.2, 0) is 13.6 Å². The first kappa shape index (κ1) is 9.20. The van der Waals surface area contributed by atoms with Crippen LogP contribution >= 0.6 is 7.60 Å². The van der Waals surface area contributed by atoms with Gasteiger partial charge in [-0.15, -0.1) is 0 Å². The third kappa shape index (κ3) is 2.27. The Balaban J connectivity index is 2.63. The molecule has 0 amide bonds. The third-order valence-electron chi connectivity index (χ3n) is 1.52. The summed E-state index contributed by atoms with van der Waals surface area (Å²) in [5.74, 6) is 0. The largest absolute Gasteiger partial charge is 0.384 e. The maximum atomic E-state index is 11.3. The van der Waals surface area contributed by atoms with Crippen LogP contribution in [0.3, 0.4) is 0 Å². The van der Waals surface area contributed by atoms with Crippen molar-refractivity contribution in [2.24, 2.45) is 0 Å². The van der Waals surface area contributed by atoms with Crippen molar-refractivity contribution in [1.29, 1.82) is 0 Å². The summed E-state index contributed by atoms with van der Waals surface area (Å²) < 4.78 is 21.3. The van der Waals surface area contributed by atoms with E-state index in [1.165, 1.54) is 0 Å². The lowest BCUT2D eigenvalue weighted by Gasteiger charge is -2.30. The molecule has 0 bridgehead atoms. The van der Waals surface area contributed by atoms with E-state index in [2.05, 4.69) is 0 Å². The molecule has 1 heterocycles. The van der Waals surface area contributed by atoms with Gasteiger partial charge in [-0.25, -0.2) is 0 Å². The van der Waals surface area contributed by atoms with E-state index in [1.807, 2.05) is 13.8 Å². The lowest BCUT2D eigenvalue weighted by Crippen LogP contribution is -2.24. The van der Waals surface area contributed by atoms with E-state index in [-0.39, 0.29) is 12.2 Å². The monoisotopic (exact) mass is 180 g/mol. The number of hydrogen-bond acceptors (Lipinski definition) is 4. The van der Waals surface area contributed by atoms with E-state index in [1.54, 1.807) is 0 Å². The van der Waals surface area contributed by atoms with Gasteiger partial charge in [0.25, 0.3) is 0 Å². The summed E-state index contributed by atoms with van der Waals surface area (Å²) in [7, 11) is -3.15. The molecule has 0 aromatic carbocycles. The molecule has 11 heavy (non-hydrogen) atoms. The summed E-state index contributed by atoms with van der Waals surface area (Å²) in [5, 5.41) is 8.67. The molecule has 0 aromatic rings. The molecule has 1 aliphatic heterocycles. The molecule has 1 fully saturated rings. The van der Waals surface area contributed by atoms with Crippen LogP contribution in [0, 0.1) is 0 Å². The van der Waals surface area contributed by atoms with Crippen molar-refractivity contribution in [3.8, 4) is 0 Å². The van der Waals surface area contributed by atoms with Crippen LogP contribution < -0.4 is 0 Å². The molecule has 0 radical (unpaired) electrons. The molecule has 2 atom stereocenters. The lowest BCUT2D eigenvalue weighted by atomic mass is 10.2. The highest BCUT2D eigenvalue weighted by atomic mass is 31.2. The SMILES string of the molecule is CC1CC(C)OP(=O)(CO)O1. The van der Waals surface area contributed by atoms with Crippen LogP contribution in [0.25, 0.3) is 0 Å². The van der Waals surface area contributed by atoms with Gasteiger partial charge >= 0.3 is 7.60 Å². The fourth-order valence-corrected chi connectivity index (χ4v) is 2.65. The molecule has 0 spiro atoms. The summed E-state index contributed by atoms with van der Waals surface area (Å²) in [6.07, 6.45) is 0.0274. The van der Waals surface area contributed by atoms with Gasteiger partial charge in [-0.3, -0.25) is 4.57 Å². The second-order valence-corrected chi connectivity index (χ2v) is 4.75. The van der Waals surface area contributed by atoms with Crippen molar-refractivity contribution < 1.29 is 18.7 Å². The summed E-state index contributed by atoms with van der Waals surface area (Å²) in [5.41, 5.74) is 0. The van der Waals surface area contributed by atoms with Crippen LogP contribution in [0.5, 0.6) is 0 Å². The van der Waals surface area contributed by atoms with E-state index in [4.69, 9.17) is 14.2 Å². The first-order valence-electron chi connectivity index (χ1n) is 3.62. The molecule has 1 rings (SSSR count). The van der Waals surface area contributed by atoms with Crippen molar-refractivity contribution in [2.45, 2.75) is 32.5 Å². The topological polar surface area (TPSA) is 55.8 Å². The fourth-order valence-electron chi connectivity index (χ4n) is 1.19. The molecule has 0 aliphatic carbocycles. The summed E-state index contributed by atoms with van der Waals surface area (Å²) in [6.45, 7) is 3.64. The van der Waals surface area contributed by atoms with Crippen molar-refractivity contribution in [1.82, 2.24) is 0 Å². The van der Waals surface area contributed by atoms with Crippen LogP contribution in [0.15, 0.2) is 0 Å². The summed E-state index contributed by atoms with van der Waals surface area (Å²) >= 11 is 0. The van der Waals surface area contributed by atoms with Crippen LogP contribution in [-0.4, -0.2) is 23.7 Å². The highest BCUT2D eigenvalue weighted by molar-refractivity contribution is 7.53. The van der Waals surface area contributed by atoms with Gasteiger partial charge in [-0.05, 0) is 13.8 Å². The average Bonchev–Trinajstić information content (AvgIpc) is 1.84. The summed E-state index contributed by atoms with van der Waals surface area (Å²) in [4.78, 5) is 0. The van der Waals surface area contributed by atoms with Crippen LogP contribution in [0.4, 0.5) is 0 Å². The summed E-state index contributed by atoms with van der Waals surface area (Å²) in [6, 6.07) is 0. The molecule has 5 heteroatoms. The molecule has 4 nitrogen and oxygen atoms in total. The maximum absolute atomic E-state index is 11.3. The number of aliphatic hydroxyl groups excluding tert-OH is 1. The Kier molecular flexibility index (Phi) is 2.70. The number of aliphatic hydroxyl groups is 1. The Morgan fingerprint density at radius 2 is 1.91 bits per heavy atom. The van der Waals surface area contributed by atoms with Crippen molar-refractivity contribution >= 4 is 7.60 Å². The van der Waals surface area contributed by atoms with Crippen LogP contribution in [0.2, 0.25) is 0 Å². The van der Waals surface area contributed by atoms with Gasteiger partial charge < -0.3 is 14.2 Å². The first-order chi connectivity index (χ1) is 5.06. The third-order valence-corrected chi connectivity index (χ3v) is 3.23. The zero-order valence-corrected chi connectivity index (χ0v) is 7.58. The minimum atomic E-state index is -3.15. The fraction of sp³-hybridized carbons (Fsp3) is 1.00. The molecule has 1 saturated heterocycles. The highest BCUT2D eigenvalue weighted by Crippen LogP contribution is 2.53. The number of hydrogen-bond donors (Lipinski definition) is 1. The molecule has 2 unspecified atom stereocenters. The Hall–Kier alpha value is 0.110. The van der Waals surface area contributed by atoms with E-state index in [0.29, 0.717) is 0 Å². The first-order valence-corrected chi connectivity index (χ1v) is 5.35. The van der Waals surface area contributed by atoms with Crippen LogP contribution in [0.1, 0.15) is 20.3 Å². The Morgan fingerprint density at radius 1 is 1.45 bits per heavy atom. The second-order valence-electron chi connectivity index (χ2n) is 2.82. The van der Waals surface area contributed by atoms with Gasteiger partial charge in [0.2, 0.25) is 0 Å². The van der Waals surface area contributed by atoms with Gasteiger partial charge in [0, 0.05) is 6.42 Å². The minimum Gasteiger partial charge on any atom is -0.384 e. The Morgan fingerprint density at radius 3 is 2.27 bits per heavy atom. The molecule has 0 saturated carbocycles. The Labute approximate surface area is 66.0 Å². The second kappa shape index (κ2) is 3.23. The average molecular weight is 180 g/mol. The molecular weight excluding hydrogens is 167 g/mol. The molecular formula is C6H13O4P. The molecule has 66 valence electrons. The van der Waals surface area contributed by atoms with Gasteiger partial charge in [0.15, 0.2) is 0 Å². The van der Waals surface area contributed by atoms with E-state index in [0.717, 1.165) is 6.42 Å². The minimum absolute atomic E-state index is 0.0864. The Bertz CT molecular complexity index is 167. The zero-order valence-electron chi connectivity index (χ0n) is 6.69. The van der Waals surface area contributed by atoms with Crippen molar-refractivity contribution in [3.63, 3.8) is 0 Å². The predicted octanol–water partition coefficient (Wildman–Crippen LogP) is 1.34. The standard InChI is InChI=1S/C6H13O4P/c1-5-3-6(2)10-11(8,4-7)9-5/h5-7H,3-4H2,1-2H3. The normalized spacial score (nSPS) is 45.7. The predicted molar refractivity (Wildman–Crippen MR) is 40.4 cm³/mol. The van der Waals surface area contributed by atoms with Gasteiger partial charge in [0.1, 0.15) is 6.35 Å². The highest BCUT2D eigenvalue weighted by Gasteiger charge is 2.34. The van der Waals surface area contributed by atoms with Gasteiger partial charge in [-0.2, -0.15) is 0 Å². The van der Waals surface area contributed by atoms with E-state index >= 15 is 0 Å². The van der Waals surface area contributed by atoms with Crippen molar-refractivity contribution in [3.05, 3.63) is 0 Å². The quantitative estimate of drug-likeness (QED) is 0.618. The van der Waals surface area contributed by atoms with Gasteiger partial charge in [-0.1, -0.05) is 0 Å². The molecule has 1 aliphatic rings. The molecule has 1 N–H and O–H groups in total. The zero-order chi connectivity index (χ0) is 8.48. The van der Waals surface area contributed by atoms with Gasteiger partial charge in [0.05, 0.1) is 12.2 Å². The molecule has 0 aromatic heterocycles. The smallest absolute Gasteiger partial charge is 0.356 e. The van der Waals surface area contributed by atoms with Crippen molar-refractivity contribution in [2.75, 3.05) is 6.35 Å². The number of rotatable bonds is 1. The maximum Gasteiger partial charge on any atom is 0.356 e. The van der Waals surface area contributed by atoms with E-state index < -0.39 is 13.9 Å². The van der Waals surface area contributed by atoms with E-state index in [9.17, 15) is 4.57 Å². The lowest BCUT2D eigenvalue weighted by molar-refractivity contribution is 0.0398.